The number of rotatable bonds is 0. The summed E-state index contributed by atoms with van der Waals surface area (Å²) in [4.78, 5) is 14.6. The zero-order valence-electron chi connectivity index (χ0n) is 10.7. The topological polar surface area (TPSA) is 25.2 Å². The molecule has 102 valence electrons. The number of carbonyl (C=O) groups is 1. The molecule has 3 heterocycles. The van der Waals surface area contributed by atoms with Gasteiger partial charge in [0.2, 0.25) is 5.91 Å². The fourth-order valence-corrected chi connectivity index (χ4v) is 5.38. The molecule has 1 spiro atoms. The van der Waals surface area contributed by atoms with Gasteiger partial charge in [0.1, 0.15) is 0 Å². The molecule has 0 unspecified atom stereocenters. The summed E-state index contributed by atoms with van der Waals surface area (Å²) < 4.78 is 4.60. The van der Waals surface area contributed by atoms with E-state index in [0.29, 0.717) is 11.8 Å². The Bertz CT molecular complexity index is 568. The predicted octanol–water partition coefficient (Wildman–Crippen LogP) is 3.64. The minimum Gasteiger partial charge on any atom is -0.334 e. The van der Waals surface area contributed by atoms with E-state index in [0.717, 1.165) is 35.0 Å². The number of fused-ring (bicyclic) bond motifs is 1. The second-order valence-corrected chi connectivity index (χ2v) is 7.54. The van der Waals surface area contributed by atoms with E-state index in [1.807, 2.05) is 0 Å². The van der Waals surface area contributed by atoms with E-state index in [2.05, 4.69) is 47.4 Å². The fourth-order valence-electron chi connectivity index (χ4n) is 4.47. The largest absolute Gasteiger partial charge is 0.334 e. The van der Waals surface area contributed by atoms with Gasteiger partial charge in [-0.1, -0.05) is 12.8 Å². The highest BCUT2D eigenvalue weighted by atomic mass is 79.9. The summed E-state index contributed by atoms with van der Waals surface area (Å²) in [5.74, 6) is 0.882. The fraction of sp³-hybridized carbons (Fsp3) is 0.643. The van der Waals surface area contributed by atoms with Crippen LogP contribution < -0.4 is 0 Å². The van der Waals surface area contributed by atoms with Crippen LogP contribution in [0.4, 0.5) is 0 Å². The summed E-state index contributed by atoms with van der Waals surface area (Å²) in [5.41, 5.74) is 1.33. The molecular formula is C14H16Br2N2O. The molecular weight excluding hydrogens is 372 g/mol. The van der Waals surface area contributed by atoms with E-state index >= 15 is 0 Å². The summed E-state index contributed by atoms with van der Waals surface area (Å²) in [7, 11) is 0. The van der Waals surface area contributed by atoms with E-state index in [1.54, 1.807) is 0 Å². The Labute approximate surface area is 129 Å². The van der Waals surface area contributed by atoms with Gasteiger partial charge in [0, 0.05) is 25.2 Å². The number of nitrogens with zero attached hydrogens (tertiary/aromatic N) is 2. The minimum absolute atomic E-state index is 0.0118. The molecule has 5 heteroatoms. The maximum atomic E-state index is 12.4. The smallest absolute Gasteiger partial charge is 0.223 e. The Morgan fingerprint density at radius 2 is 2.11 bits per heavy atom. The van der Waals surface area contributed by atoms with Gasteiger partial charge in [0.25, 0.3) is 0 Å². The monoisotopic (exact) mass is 386 g/mol. The minimum atomic E-state index is -0.0118. The summed E-state index contributed by atoms with van der Waals surface area (Å²) in [6.45, 7) is 1.77. The molecule has 2 fully saturated rings. The maximum absolute atomic E-state index is 12.4. The quantitative estimate of drug-likeness (QED) is 0.667. The number of amides is 1. The zero-order valence-corrected chi connectivity index (χ0v) is 13.8. The lowest BCUT2D eigenvalue weighted by Gasteiger charge is -2.48. The highest BCUT2D eigenvalue weighted by molar-refractivity contribution is 9.13. The van der Waals surface area contributed by atoms with Gasteiger partial charge in [-0.3, -0.25) is 4.79 Å². The Morgan fingerprint density at radius 1 is 1.26 bits per heavy atom. The van der Waals surface area contributed by atoms with E-state index in [4.69, 9.17) is 0 Å². The molecule has 1 aliphatic carbocycles. The SMILES string of the molecule is O=C1C[C@H]2CCCC[C@]23c2cc(Br)c(Br)n2CCN13. The molecule has 1 saturated carbocycles. The van der Waals surface area contributed by atoms with Crippen molar-refractivity contribution in [1.29, 1.82) is 0 Å². The average molecular weight is 388 g/mol. The number of carbonyl (C=O) groups excluding carboxylic acids is 1. The van der Waals surface area contributed by atoms with Crippen molar-refractivity contribution in [3.8, 4) is 0 Å². The predicted molar refractivity (Wildman–Crippen MR) is 79.8 cm³/mol. The van der Waals surface area contributed by atoms with Gasteiger partial charge in [0.05, 0.1) is 14.6 Å². The lowest BCUT2D eigenvalue weighted by atomic mass is 9.71. The molecule has 0 N–H and O–H groups in total. The second kappa shape index (κ2) is 4.10. The normalized spacial score (nSPS) is 33.1. The molecule has 0 bridgehead atoms. The Kier molecular flexibility index (Phi) is 2.69. The van der Waals surface area contributed by atoms with Crippen molar-refractivity contribution >= 4 is 37.8 Å². The first kappa shape index (κ1) is 12.5. The third-order valence-corrected chi connectivity index (χ3v) is 7.21. The third-order valence-electron chi connectivity index (χ3n) is 5.22. The molecule has 4 rings (SSSR count). The van der Waals surface area contributed by atoms with Gasteiger partial charge in [-0.2, -0.15) is 0 Å². The molecule has 19 heavy (non-hydrogen) atoms. The molecule has 0 aromatic carbocycles. The number of hydrogen-bond acceptors (Lipinski definition) is 1. The van der Waals surface area contributed by atoms with Crippen molar-refractivity contribution in [2.24, 2.45) is 5.92 Å². The van der Waals surface area contributed by atoms with Gasteiger partial charge < -0.3 is 9.47 Å². The maximum Gasteiger partial charge on any atom is 0.223 e. The van der Waals surface area contributed by atoms with Crippen LogP contribution in [0.2, 0.25) is 0 Å². The van der Waals surface area contributed by atoms with E-state index in [-0.39, 0.29) is 5.54 Å². The molecule has 2 atom stereocenters. The number of aromatic nitrogens is 1. The lowest BCUT2D eigenvalue weighted by molar-refractivity contribution is -0.133. The third kappa shape index (κ3) is 1.46. The van der Waals surface area contributed by atoms with Crippen LogP contribution in [-0.2, 0) is 16.9 Å². The van der Waals surface area contributed by atoms with E-state index < -0.39 is 0 Å². The van der Waals surface area contributed by atoms with Crippen molar-refractivity contribution in [2.75, 3.05) is 6.54 Å². The van der Waals surface area contributed by atoms with Crippen molar-refractivity contribution in [3.05, 3.63) is 20.8 Å². The second-order valence-electron chi connectivity index (χ2n) is 5.94. The molecule has 2 aliphatic heterocycles. The van der Waals surface area contributed by atoms with Crippen LogP contribution >= 0.6 is 31.9 Å². The first-order valence-corrected chi connectivity index (χ1v) is 8.58. The van der Waals surface area contributed by atoms with Crippen LogP contribution in [0.5, 0.6) is 0 Å². The zero-order chi connectivity index (χ0) is 13.2. The average Bonchev–Trinajstić information content (AvgIpc) is 2.86. The van der Waals surface area contributed by atoms with Gasteiger partial charge in [-0.05, 0) is 56.7 Å². The highest BCUT2D eigenvalue weighted by Gasteiger charge is 2.57. The Morgan fingerprint density at radius 3 is 2.95 bits per heavy atom. The lowest BCUT2D eigenvalue weighted by Crippen LogP contribution is -2.53. The molecule has 1 amide bonds. The van der Waals surface area contributed by atoms with Crippen molar-refractivity contribution in [1.82, 2.24) is 9.47 Å². The molecule has 1 aromatic heterocycles. The molecule has 0 radical (unpaired) electrons. The molecule has 3 aliphatic rings. The standard InChI is InChI=1S/C14H16Br2N2O/c15-10-8-11-14-4-2-1-3-9(14)7-12(19)18(14)6-5-17(11)13(10)16/h8-9H,1-7H2/t9-,14-/m1/s1. The summed E-state index contributed by atoms with van der Waals surface area (Å²) >= 11 is 7.30. The van der Waals surface area contributed by atoms with E-state index in [9.17, 15) is 4.79 Å². The summed E-state index contributed by atoms with van der Waals surface area (Å²) in [5, 5.41) is 0. The van der Waals surface area contributed by atoms with Gasteiger partial charge >= 0.3 is 0 Å². The number of hydrogen-bond donors (Lipinski definition) is 0. The van der Waals surface area contributed by atoms with Gasteiger partial charge in [0.15, 0.2) is 0 Å². The first-order valence-electron chi connectivity index (χ1n) is 7.00. The molecule has 1 saturated heterocycles. The summed E-state index contributed by atoms with van der Waals surface area (Å²) in [6, 6.07) is 2.23. The van der Waals surface area contributed by atoms with Crippen LogP contribution in [0.25, 0.3) is 0 Å². The Balaban J connectivity index is 1.94. The van der Waals surface area contributed by atoms with E-state index in [1.165, 1.54) is 25.0 Å². The Hall–Kier alpha value is -0.290. The molecule has 1 aromatic rings. The van der Waals surface area contributed by atoms with Crippen LogP contribution in [-0.4, -0.2) is 21.9 Å². The van der Waals surface area contributed by atoms with Crippen LogP contribution in [0.15, 0.2) is 15.1 Å². The summed E-state index contributed by atoms with van der Waals surface area (Å²) in [6.07, 6.45) is 5.59. The van der Waals surface area contributed by atoms with Gasteiger partial charge in [-0.25, -0.2) is 0 Å². The van der Waals surface area contributed by atoms with Crippen LogP contribution in [0.3, 0.4) is 0 Å². The number of halogens is 2. The first-order chi connectivity index (χ1) is 9.14. The van der Waals surface area contributed by atoms with Gasteiger partial charge in [-0.15, -0.1) is 0 Å². The molecule has 3 nitrogen and oxygen atoms in total. The van der Waals surface area contributed by atoms with Crippen molar-refractivity contribution in [3.63, 3.8) is 0 Å². The highest BCUT2D eigenvalue weighted by Crippen LogP contribution is 2.55. The van der Waals surface area contributed by atoms with Crippen LogP contribution in [0.1, 0.15) is 37.8 Å². The van der Waals surface area contributed by atoms with Crippen molar-refractivity contribution < 1.29 is 4.79 Å². The van der Waals surface area contributed by atoms with Crippen molar-refractivity contribution in [2.45, 2.75) is 44.2 Å². The van der Waals surface area contributed by atoms with Crippen LogP contribution in [0, 0.1) is 5.92 Å².